The summed E-state index contributed by atoms with van der Waals surface area (Å²) in [6.07, 6.45) is -0.871. The van der Waals surface area contributed by atoms with Crippen molar-refractivity contribution in [1.29, 1.82) is 5.26 Å². The average molecular weight is 237 g/mol. The van der Waals surface area contributed by atoms with E-state index in [1.54, 1.807) is 12.1 Å². The van der Waals surface area contributed by atoms with Crippen molar-refractivity contribution in [2.75, 3.05) is 0 Å². The topological polar surface area (TPSA) is 81.3 Å². The molecule has 0 aromatic heterocycles. The first kappa shape index (κ1) is 12.6. The predicted octanol–water partition coefficient (Wildman–Crippen LogP) is 1.55. The largest absolute Gasteiger partial charge is 0.479 e. The maximum atomic E-state index is 10.7. The molecule has 0 heterocycles. The molecule has 0 spiro atoms. The quantitative estimate of drug-likeness (QED) is 0.694. The highest BCUT2D eigenvalue weighted by atomic mass is 32.1. The summed E-state index contributed by atoms with van der Waals surface area (Å²) in [5.41, 5.74) is 0.963. The number of aliphatic hydroxyl groups is 1. The number of aliphatic hydroxyl groups excluding tert-OH is 1. The maximum absolute atomic E-state index is 10.7. The predicted molar refractivity (Wildman–Crippen MR) is 60.2 cm³/mol. The van der Waals surface area contributed by atoms with Crippen molar-refractivity contribution in [3.05, 3.63) is 29.3 Å². The minimum Gasteiger partial charge on any atom is -0.479 e. The second-order valence-corrected chi connectivity index (χ2v) is 3.80. The van der Waals surface area contributed by atoms with Crippen LogP contribution in [0, 0.1) is 11.3 Å². The van der Waals surface area contributed by atoms with E-state index in [-0.39, 0.29) is 6.42 Å². The lowest BCUT2D eigenvalue weighted by Crippen LogP contribution is -2.12. The van der Waals surface area contributed by atoms with Gasteiger partial charge in [0, 0.05) is 11.3 Å². The lowest BCUT2D eigenvalue weighted by Gasteiger charge is -2.11. The molecule has 5 heteroatoms. The van der Waals surface area contributed by atoms with Gasteiger partial charge < -0.3 is 10.2 Å². The Balaban J connectivity index is 3.07. The number of aliphatic carboxylic acids is 1. The number of nitriles is 1. The number of aryl methyl sites for hydroxylation is 1. The van der Waals surface area contributed by atoms with Gasteiger partial charge in [-0.2, -0.15) is 5.26 Å². The molecule has 0 saturated carbocycles. The molecule has 0 aliphatic carbocycles. The van der Waals surface area contributed by atoms with Gasteiger partial charge in [-0.05, 0) is 29.7 Å². The number of carbonyl (C=O) groups is 1. The van der Waals surface area contributed by atoms with Crippen molar-refractivity contribution in [2.45, 2.75) is 23.8 Å². The molecule has 2 N–H and O–H groups in total. The van der Waals surface area contributed by atoms with Crippen molar-refractivity contribution in [2.24, 2.45) is 0 Å². The van der Waals surface area contributed by atoms with Crippen LogP contribution in [0.2, 0.25) is 0 Å². The third-order valence-electron chi connectivity index (χ3n) is 2.16. The van der Waals surface area contributed by atoms with Crippen LogP contribution in [0.4, 0.5) is 0 Å². The van der Waals surface area contributed by atoms with Crippen LogP contribution in [-0.4, -0.2) is 16.2 Å². The van der Waals surface area contributed by atoms with Gasteiger partial charge in [-0.1, -0.05) is 6.07 Å². The van der Waals surface area contributed by atoms with Crippen LogP contribution in [0.25, 0.3) is 0 Å². The normalized spacial score (nSPS) is 11.8. The fraction of sp³-hybridized carbons (Fsp3) is 0.273. The first-order valence-electron chi connectivity index (χ1n) is 4.66. The highest BCUT2D eigenvalue weighted by molar-refractivity contribution is 7.80. The zero-order valence-electron chi connectivity index (χ0n) is 8.42. The van der Waals surface area contributed by atoms with E-state index in [1.807, 2.05) is 6.07 Å². The van der Waals surface area contributed by atoms with E-state index in [0.29, 0.717) is 22.4 Å². The lowest BCUT2D eigenvalue weighted by molar-refractivity contribution is -0.147. The van der Waals surface area contributed by atoms with E-state index in [1.165, 1.54) is 6.07 Å². The smallest absolute Gasteiger partial charge is 0.337 e. The van der Waals surface area contributed by atoms with Gasteiger partial charge in [0.05, 0.1) is 6.07 Å². The molecule has 1 aromatic carbocycles. The Hall–Kier alpha value is -1.51. The monoisotopic (exact) mass is 237 g/mol. The summed E-state index contributed by atoms with van der Waals surface area (Å²) in [5, 5.41) is 26.7. The van der Waals surface area contributed by atoms with Crippen molar-refractivity contribution in [1.82, 2.24) is 0 Å². The molecule has 1 atom stereocenters. The van der Waals surface area contributed by atoms with E-state index in [4.69, 9.17) is 10.4 Å². The summed E-state index contributed by atoms with van der Waals surface area (Å²) in [6, 6.07) is 6.78. The highest BCUT2D eigenvalue weighted by Crippen LogP contribution is 2.22. The molecule has 0 bridgehead atoms. The molecule has 0 fully saturated rings. The van der Waals surface area contributed by atoms with Gasteiger partial charge in [-0.15, -0.1) is 12.6 Å². The molecule has 0 aliphatic rings. The molecule has 0 aliphatic heterocycles. The molecular weight excluding hydrogens is 226 g/mol. The Morgan fingerprint density at radius 3 is 2.81 bits per heavy atom. The molecule has 0 amide bonds. The summed E-state index contributed by atoms with van der Waals surface area (Å²) in [6.45, 7) is 0. The third-order valence-corrected chi connectivity index (χ3v) is 2.44. The number of nitrogens with zero attached hydrogens (tertiary/aromatic N) is 1. The number of benzene rings is 1. The van der Waals surface area contributed by atoms with E-state index >= 15 is 0 Å². The highest BCUT2D eigenvalue weighted by Gasteiger charge is 2.19. The number of carboxylic acid groups (broad SMARTS) is 1. The van der Waals surface area contributed by atoms with Crippen LogP contribution in [0.3, 0.4) is 0 Å². The zero-order valence-corrected chi connectivity index (χ0v) is 9.32. The Bertz CT molecular complexity index is 439. The Morgan fingerprint density at radius 2 is 2.25 bits per heavy atom. The average Bonchev–Trinajstić information content (AvgIpc) is 2.25. The molecule has 0 saturated heterocycles. The second-order valence-electron chi connectivity index (χ2n) is 3.28. The van der Waals surface area contributed by atoms with Crippen molar-refractivity contribution in [3.63, 3.8) is 0 Å². The van der Waals surface area contributed by atoms with Gasteiger partial charge in [-0.3, -0.25) is 0 Å². The van der Waals surface area contributed by atoms with E-state index in [2.05, 4.69) is 12.6 Å². The number of hydrogen-bond donors (Lipinski definition) is 3. The summed E-state index contributed by atoms with van der Waals surface area (Å²) < 4.78 is 0. The van der Waals surface area contributed by atoms with Crippen LogP contribution in [0.15, 0.2) is 23.1 Å². The van der Waals surface area contributed by atoms with E-state index < -0.39 is 12.1 Å². The summed E-state index contributed by atoms with van der Waals surface area (Å²) in [5.74, 6) is -1.30. The van der Waals surface area contributed by atoms with Crippen LogP contribution in [-0.2, 0) is 11.2 Å². The Kier molecular flexibility index (Phi) is 4.35. The maximum Gasteiger partial charge on any atom is 0.337 e. The van der Waals surface area contributed by atoms with Gasteiger partial charge in [-0.25, -0.2) is 4.79 Å². The van der Waals surface area contributed by atoms with Gasteiger partial charge >= 0.3 is 5.97 Å². The Morgan fingerprint density at radius 1 is 1.56 bits per heavy atom. The molecule has 1 unspecified atom stereocenters. The van der Waals surface area contributed by atoms with Gasteiger partial charge in [0.25, 0.3) is 0 Å². The number of rotatable bonds is 4. The van der Waals surface area contributed by atoms with E-state index in [0.717, 1.165) is 0 Å². The molecule has 16 heavy (non-hydrogen) atoms. The Labute approximate surface area is 98.6 Å². The summed E-state index contributed by atoms with van der Waals surface area (Å²) in [4.78, 5) is 11.4. The van der Waals surface area contributed by atoms with Crippen LogP contribution in [0.1, 0.15) is 23.7 Å². The molecule has 1 rings (SSSR count). The van der Waals surface area contributed by atoms with Crippen molar-refractivity contribution < 1.29 is 15.0 Å². The summed E-state index contributed by atoms with van der Waals surface area (Å²) >= 11 is 4.13. The van der Waals surface area contributed by atoms with Gasteiger partial charge in [0.2, 0.25) is 0 Å². The molecule has 4 nitrogen and oxygen atoms in total. The van der Waals surface area contributed by atoms with Crippen LogP contribution < -0.4 is 0 Å². The number of hydrogen-bond acceptors (Lipinski definition) is 4. The number of thiol groups is 1. The van der Waals surface area contributed by atoms with Crippen LogP contribution >= 0.6 is 12.6 Å². The number of carboxylic acids is 1. The first-order chi connectivity index (χ1) is 7.56. The lowest BCUT2D eigenvalue weighted by atomic mass is 9.99. The molecule has 0 radical (unpaired) electrons. The zero-order chi connectivity index (χ0) is 12.1. The van der Waals surface area contributed by atoms with Crippen LogP contribution in [0.5, 0.6) is 0 Å². The minimum absolute atomic E-state index is 0.274. The third kappa shape index (κ3) is 2.99. The minimum atomic E-state index is -1.55. The second kappa shape index (κ2) is 5.54. The summed E-state index contributed by atoms with van der Waals surface area (Å²) in [7, 11) is 0. The molecular formula is C11H11NO3S. The van der Waals surface area contributed by atoms with Gasteiger partial charge in [0.1, 0.15) is 0 Å². The van der Waals surface area contributed by atoms with Crippen molar-refractivity contribution in [3.8, 4) is 6.07 Å². The fourth-order valence-electron chi connectivity index (χ4n) is 1.40. The molecule has 1 aromatic rings. The van der Waals surface area contributed by atoms with Gasteiger partial charge in [0.15, 0.2) is 6.10 Å². The standard InChI is InChI=1S/C11H11NO3S/c12-5-1-2-7-6-8(16)3-4-9(7)10(13)11(14)15/h3-4,6,10,13,16H,1-2H2,(H,14,15). The van der Waals surface area contributed by atoms with Crippen molar-refractivity contribution >= 4 is 18.6 Å². The molecule has 84 valence electrons. The van der Waals surface area contributed by atoms with E-state index in [9.17, 15) is 9.90 Å². The SMILES string of the molecule is N#CCCc1cc(S)ccc1C(O)C(=O)O. The first-order valence-corrected chi connectivity index (χ1v) is 5.10. The fourth-order valence-corrected chi connectivity index (χ4v) is 1.63.